The minimum Gasteiger partial charge on any atom is -0.373 e. The van der Waals surface area contributed by atoms with Crippen LogP contribution in [0.4, 0.5) is 5.69 Å². The van der Waals surface area contributed by atoms with Crippen molar-refractivity contribution < 1.29 is 4.79 Å². The van der Waals surface area contributed by atoms with Crippen LogP contribution in [0.15, 0.2) is 36.5 Å². The topological polar surface area (TPSA) is 59.0 Å². The van der Waals surface area contributed by atoms with Crippen LogP contribution in [-0.2, 0) is 18.4 Å². The van der Waals surface area contributed by atoms with E-state index in [1.807, 2.05) is 50.5 Å². The van der Waals surface area contributed by atoms with E-state index in [1.165, 1.54) is 0 Å². The molecule has 0 aliphatic carbocycles. The van der Waals surface area contributed by atoms with E-state index >= 15 is 0 Å². The Morgan fingerprint density at radius 2 is 2.05 bits per heavy atom. The number of nitrogens with zero attached hydrogens (tertiary/aromatic N) is 2. The van der Waals surface area contributed by atoms with E-state index in [0.717, 1.165) is 16.9 Å². The van der Waals surface area contributed by atoms with Gasteiger partial charge in [0.2, 0.25) is 5.91 Å². The van der Waals surface area contributed by atoms with Crippen molar-refractivity contribution in [2.45, 2.75) is 13.5 Å². The largest absolute Gasteiger partial charge is 0.373 e. The van der Waals surface area contributed by atoms with Gasteiger partial charge in [-0.15, -0.1) is 0 Å². The second-order valence-corrected chi connectivity index (χ2v) is 4.42. The third-order valence-electron chi connectivity index (χ3n) is 2.79. The quantitative estimate of drug-likeness (QED) is 0.853. The molecule has 1 aromatic carbocycles. The fourth-order valence-corrected chi connectivity index (χ4v) is 1.81. The number of aromatic nitrogens is 2. The number of nitrogens with one attached hydrogen (secondary N) is 2. The van der Waals surface area contributed by atoms with Gasteiger partial charge < -0.3 is 10.6 Å². The number of carbonyl (C=O) groups excluding carboxylic acids is 1. The van der Waals surface area contributed by atoms with Crippen molar-refractivity contribution in [1.29, 1.82) is 0 Å². The molecule has 0 unspecified atom stereocenters. The van der Waals surface area contributed by atoms with Crippen LogP contribution in [0.25, 0.3) is 0 Å². The standard InChI is InChI=1S/C14H18N4O/c1-11-13(10-18(2)17-11)15-9-14(19)16-8-12-6-4-3-5-7-12/h3-7,10,15H,8-9H2,1-2H3,(H,16,19). The molecule has 0 saturated carbocycles. The van der Waals surface area contributed by atoms with E-state index in [4.69, 9.17) is 0 Å². The van der Waals surface area contributed by atoms with E-state index in [9.17, 15) is 4.79 Å². The smallest absolute Gasteiger partial charge is 0.239 e. The molecule has 1 heterocycles. The lowest BCUT2D eigenvalue weighted by Crippen LogP contribution is -2.29. The number of carbonyl (C=O) groups is 1. The van der Waals surface area contributed by atoms with Crippen LogP contribution in [0.1, 0.15) is 11.3 Å². The van der Waals surface area contributed by atoms with Gasteiger partial charge in [-0.1, -0.05) is 30.3 Å². The summed E-state index contributed by atoms with van der Waals surface area (Å²) in [6.07, 6.45) is 1.86. The number of anilines is 1. The molecule has 0 bridgehead atoms. The highest BCUT2D eigenvalue weighted by molar-refractivity contribution is 5.80. The second kappa shape index (κ2) is 6.04. The zero-order valence-electron chi connectivity index (χ0n) is 11.2. The molecular weight excluding hydrogens is 240 g/mol. The van der Waals surface area contributed by atoms with E-state index in [-0.39, 0.29) is 12.5 Å². The zero-order valence-corrected chi connectivity index (χ0v) is 11.2. The fourth-order valence-electron chi connectivity index (χ4n) is 1.81. The first-order valence-electron chi connectivity index (χ1n) is 6.20. The zero-order chi connectivity index (χ0) is 13.7. The number of amides is 1. The van der Waals surface area contributed by atoms with Gasteiger partial charge in [0.25, 0.3) is 0 Å². The van der Waals surface area contributed by atoms with Gasteiger partial charge in [0.05, 0.1) is 17.9 Å². The van der Waals surface area contributed by atoms with Crippen molar-refractivity contribution in [1.82, 2.24) is 15.1 Å². The predicted octanol–water partition coefficient (Wildman–Crippen LogP) is 1.46. The van der Waals surface area contributed by atoms with E-state index < -0.39 is 0 Å². The SMILES string of the molecule is Cc1nn(C)cc1NCC(=O)NCc1ccccc1. The molecule has 100 valence electrons. The number of hydrogen-bond acceptors (Lipinski definition) is 3. The summed E-state index contributed by atoms with van der Waals surface area (Å²) in [5, 5.41) is 10.1. The first kappa shape index (κ1) is 13.1. The van der Waals surface area contributed by atoms with Gasteiger partial charge in [-0.3, -0.25) is 9.48 Å². The van der Waals surface area contributed by atoms with Crippen molar-refractivity contribution in [2.24, 2.45) is 7.05 Å². The first-order valence-corrected chi connectivity index (χ1v) is 6.20. The second-order valence-electron chi connectivity index (χ2n) is 4.42. The summed E-state index contributed by atoms with van der Waals surface area (Å²) in [6.45, 7) is 2.71. The lowest BCUT2D eigenvalue weighted by atomic mass is 10.2. The van der Waals surface area contributed by atoms with Gasteiger partial charge in [-0.05, 0) is 12.5 Å². The molecule has 0 spiro atoms. The Kier molecular flexibility index (Phi) is 4.18. The van der Waals surface area contributed by atoms with Crippen LogP contribution in [0, 0.1) is 6.92 Å². The molecule has 1 amide bonds. The third kappa shape index (κ3) is 3.84. The molecule has 0 fully saturated rings. The van der Waals surface area contributed by atoms with Gasteiger partial charge in [-0.2, -0.15) is 5.10 Å². The minimum atomic E-state index is -0.0351. The van der Waals surface area contributed by atoms with Crippen molar-refractivity contribution in [2.75, 3.05) is 11.9 Å². The summed E-state index contributed by atoms with van der Waals surface area (Å²) in [5.74, 6) is -0.0351. The van der Waals surface area contributed by atoms with Crippen LogP contribution < -0.4 is 10.6 Å². The fraction of sp³-hybridized carbons (Fsp3) is 0.286. The maximum Gasteiger partial charge on any atom is 0.239 e. The van der Waals surface area contributed by atoms with E-state index in [1.54, 1.807) is 4.68 Å². The molecule has 2 rings (SSSR count). The molecule has 2 N–H and O–H groups in total. The Balaban J connectivity index is 1.77. The summed E-state index contributed by atoms with van der Waals surface area (Å²) in [6, 6.07) is 9.84. The number of benzene rings is 1. The van der Waals surface area contributed by atoms with E-state index in [2.05, 4.69) is 15.7 Å². The van der Waals surface area contributed by atoms with Crippen molar-refractivity contribution in [3.05, 3.63) is 47.8 Å². The molecule has 0 atom stereocenters. The Morgan fingerprint density at radius 1 is 1.32 bits per heavy atom. The van der Waals surface area contributed by atoms with Crippen LogP contribution in [0.3, 0.4) is 0 Å². The van der Waals surface area contributed by atoms with Gasteiger partial charge >= 0.3 is 0 Å². The highest BCUT2D eigenvalue weighted by atomic mass is 16.1. The van der Waals surface area contributed by atoms with Crippen LogP contribution in [0.2, 0.25) is 0 Å². The summed E-state index contributed by atoms with van der Waals surface area (Å²) >= 11 is 0. The highest BCUT2D eigenvalue weighted by Gasteiger charge is 2.05. The number of rotatable bonds is 5. The first-order chi connectivity index (χ1) is 9.15. The summed E-state index contributed by atoms with van der Waals surface area (Å²) in [7, 11) is 1.85. The molecule has 1 aromatic heterocycles. The Morgan fingerprint density at radius 3 is 2.68 bits per heavy atom. The third-order valence-corrected chi connectivity index (χ3v) is 2.79. The Labute approximate surface area is 112 Å². The molecular formula is C14H18N4O. The van der Waals surface area contributed by atoms with Gasteiger partial charge in [0.1, 0.15) is 0 Å². The summed E-state index contributed by atoms with van der Waals surface area (Å²) in [5.41, 5.74) is 2.86. The van der Waals surface area contributed by atoms with Gasteiger partial charge in [0.15, 0.2) is 0 Å². The monoisotopic (exact) mass is 258 g/mol. The summed E-state index contributed by atoms with van der Waals surface area (Å²) in [4.78, 5) is 11.7. The molecule has 0 aliphatic heterocycles. The molecule has 0 saturated heterocycles. The summed E-state index contributed by atoms with van der Waals surface area (Å²) < 4.78 is 1.72. The van der Waals surface area contributed by atoms with E-state index in [0.29, 0.717) is 6.54 Å². The highest BCUT2D eigenvalue weighted by Crippen LogP contribution is 2.10. The lowest BCUT2D eigenvalue weighted by Gasteiger charge is -2.06. The average Bonchev–Trinajstić information content (AvgIpc) is 2.73. The maximum atomic E-state index is 11.7. The normalized spacial score (nSPS) is 10.2. The van der Waals surface area contributed by atoms with Crippen LogP contribution >= 0.6 is 0 Å². The Hall–Kier alpha value is -2.30. The van der Waals surface area contributed by atoms with Crippen molar-refractivity contribution in [3.63, 3.8) is 0 Å². The van der Waals surface area contributed by atoms with Gasteiger partial charge in [-0.25, -0.2) is 0 Å². The molecule has 0 radical (unpaired) electrons. The molecule has 5 heteroatoms. The maximum absolute atomic E-state index is 11.7. The minimum absolute atomic E-state index is 0.0351. The molecule has 0 aliphatic rings. The van der Waals surface area contributed by atoms with Crippen molar-refractivity contribution >= 4 is 11.6 Å². The van der Waals surface area contributed by atoms with Crippen molar-refractivity contribution in [3.8, 4) is 0 Å². The molecule has 5 nitrogen and oxygen atoms in total. The molecule has 2 aromatic rings. The lowest BCUT2D eigenvalue weighted by molar-refractivity contribution is -0.119. The van der Waals surface area contributed by atoms with Gasteiger partial charge in [0, 0.05) is 19.8 Å². The Bertz CT molecular complexity index is 548. The molecule has 19 heavy (non-hydrogen) atoms. The predicted molar refractivity (Wildman–Crippen MR) is 74.7 cm³/mol. The van der Waals surface area contributed by atoms with Crippen LogP contribution in [-0.4, -0.2) is 22.2 Å². The van der Waals surface area contributed by atoms with Crippen LogP contribution in [0.5, 0.6) is 0 Å². The number of hydrogen-bond donors (Lipinski definition) is 2. The average molecular weight is 258 g/mol. The number of aryl methyl sites for hydroxylation is 2.